The van der Waals surface area contributed by atoms with Crippen molar-refractivity contribution in [1.29, 1.82) is 0 Å². The maximum Gasteiger partial charge on any atom is 0.405 e. The summed E-state index contributed by atoms with van der Waals surface area (Å²) < 4.78 is 28.8. The molecule has 1 amide bonds. The Bertz CT molecular complexity index is 1370. The fourth-order valence-electron chi connectivity index (χ4n) is 5.80. The Morgan fingerprint density at radius 2 is 2.11 bits per heavy atom. The third-order valence-corrected chi connectivity index (χ3v) is 8.42. The first-order chi connectivity index (χ1) is 17.6. The van der Waals surface area contributed by atoms with Gasteiger partial charge in [0, 0.05) is 55.4 Å². The molecule has 196 valence electrons. The van der Waals surface area contributed by atoms with E-state index in [1.165, 1.54) is 12.1 Å². The summed E-state index contributed by atoms with van der Waals surface area (Å²) in [4.78, 5) is 23.2. The monoisotopic (exact) mass is 622 g/mol. The highest BCUT2D eigenvalue weighted by Gasteiger charge is 2.51. The molecule has 0 saturated carbocycles. The summed E-state index contributed by atoms with van der Waals surface area (Å²) in [5.41, 5.74) is 1.16. The van der Waals surface area contributed by atoms with Crippen molar-refractivity contribution in [2.45, 2.75) is 62.8 Å². The molecule has 2 N–H and O–H groups in total. The van der Waals surface area contributed by atoms with Crippen LogP contribution in [-0.2, 0) is 4.74 Å². The molecule has 0 aliphatic carbocycles. The first kappa shape index (κ1) is 24.6. The van der Waals surface area contributed by atoms with E-state index >= 15 is 0 Å². The van der Waals surface area contributed by atoms with Crippen molar-refractivity contribution in [3.63, 3.8) is 0 Å². The molecule has 3 aromatic rings. The number of halogens is 2. The van der Waals surface area contributed by atoms with Crippen molar-refractivity contribution in [2.75, 3.05) is 24.6 Å². The lowest BCUT2D eigenvalue weighted by atomic mass is 9.72. The average Bonchev–Trinajstić information content (AvgIpc) is 3.26. The van der Waals surface area contributed by atoms with E-state index in [9.17, 15) is 14.3 Å². The Morgan fingerprint density at radius 3 is 2.78 bits per heavy atom. The zero-order valence-electron chi connectivity index (χ0n) is 20.6. The summed E-state index contributed by atoms with van der Waals surface area (Å²) in [6.45, 7) is 5.80. The number of hydrogen-bond acceptors (Lipinski definition) is 7. The normalized spacial score (nSPS) is 22.5. The molecule has 0 bridgehead atoms. The molecule has 1 unspecified atom stereocenters. The van der Waals surface area contributed by atoms with Crippen LogP contribution in [0.4, 0.5) is 15.0 Å². The van der Waals surface area contributed by atoms with E-state index in [2.05, 4.69) is 42.9 Å². The van der Waals surface area contributed by atoms with E-state index in [1.54, 1.807) is 12.3 Å². The largest absolute Gasteiger partial charge is 0.486 e. The molecule has 1 spiro atoms. The van der Waals surface area contributed by atoms with Crippen molar-refractivity contribution in [2.24, 2.45) is 0 Å². The fourth-order valence-corrected chi connectivity index (χ4v) is 6.42. The Hall–Kier alpha value is -2.74. The standard InChI is InChI=1S/C25H28FIN6O4/c1-24(2,30-23(34)35)12-16-15-4-3-14(26)11-17(15)37-25(16)6-8-32(9-7-25)18-13-28-20-21(27)31-33(22(20)29-18)19-5-10-36-19/h3-4,11,13,16,19,30H,5-10,12H2,1-2H3,(H,34,35)/t16-,19?/m1/s1. The summed E-state index contributed by atoms with van der Waals surface area (Å²) >= 11 is 2.17. The molecule has 3 aliphatic heterocycles. The SMILES string of the molecule is CC(C)(C[C@@H]1c2ccc(F)cc2OC12CCN(c1cnc3c(I)nn(C4CCO4)c3n1)CC2)NC(=O)O. The summed E-state index contributed by atoms with van der Waals surface area (Å²) in [6.07, 6.45) is 3.41. The molecular weight excluding hydrogens is 594 g/mol. The summed E-state index contributed by atoms with van der Waals surface area (Å²) in [6, 6.07) is 4.66. The van der Waals surface area contributed by atoms with Crippen molar-refractivity contribution >= 4 is 45.7 Å². The molecule has 37 heavy (non-hydrogen) atoms. The number of aromatic nitrogens is 4. The van der Waals surface area contributed by atoms with Crippen LogP contribution in [0.5, 0.6) is 5.75 Å². The van der Waals surface area contributed by atoms with E-state index in [0.29, 0.717) is 43.7 Å². The number of piperidine rings is 1. The van der Waals surface area contributed by atoms with Gasteiger partial charge >= 0.3 is 6.09 Å². The molecule has 2 saturated heterocycles. The molecule has 1 aromatic carbocycles. The van der Waals surface area contributed by atoms with Gasteiger partial charge in [-0.1, -0.05) is 6.07 Å². The molecule has 2 atom stereocenters. The highest BCUT2D eigenvalue weighted by Crippen LogP contribution is 2.53. The van der Waals surface area contributed by atoms with E-state index < -0.39 is 17.2 Å². The van der Waals surface area contributed by atoms with Gasteiger partial charge in [-0.2, -0.15) is 5.10 Å². The van der Waals surface area contributed by atoms with Gasteiger partial charge in [-0.3, -0.25) is 0 Å². The Balaban J connectivity index is 1.26. The number of ether oxygens (including phenoxy) is 2. The molecule has 6 rings (SSSR count). The molecule has 3 aliphatic rings. The number of nitrogens with zero attached hydrogens (tertiary/aromatic N) is 5. The maximum absolute atomic E-state index is 14.1. The quantitative estimate of drug-likeness (QED) is 0.402. The van der Waals surface area contributed by atoms with Gasteiger partial charge in [0.2, 0.25) is 0 Å². The van der Waals surface area contributed by atoms with Crippen molar-refractivity contribution in [3.8, 4) is 5.75 Å². The van der Waals surface area contributed by atoms with Gasteiger partial charge in [0.15, 0.2) is 15.6 Å². The number of rotatable bonds is 5. The summed E-state index contributed by atoms with van der Waals surface area (Å²) in [5.74, 6) is 0.884. The van der Waals surface area contributed by atoms with Crippen molar-refractivity contribution < 1.29 is 23.8 Å². The second-order valence-corrected chi connectivity index (χ2v) is 11.7. The zero-order chi connectivity index (χ0) is 25.9. The van der Waals surface area contributed by atoms with Crippen LogP contribution in [0, 0.1) is 9.52 Å². The molecular formula is C25H28FIN6O4. The maximum atomic E-state index is 14.1. The number of anilines is 1. The van der Waals surface area contributed by atoms with Crippen LogP contribution in [0.3, 0.4) is 0 Å². The number of carboxylic acid groups (broad SMARTS) is 1. The number of carbonyl (C=O) groups is 1. The molecule has 2 aromatic heterocycles. The van der Waals surface area contributed by atoms with E-state index in [0.717, 1.165) is 33.6 Å². The minimum Gasteiger partial charge on any atom is -0.486 e. The second kappa shape index (κ2) is 8.93. The minimum absolute atomic E-state index is 0.0839. The summed E-state index contributed by atoms with van der Waals surface area (Å²) in [7, 11) is 0. The first-order valence-corrected chi connectivity index (χ1v) is 13.5. The Labute approximate surface area is 226 Å². The lowest BCUT2D eigenvalue weighted by Crippen LogP contribution is -2.52. The predicted octanol–water partition coefficient (Wildman–Crippen LogP) is 4.44. The predicted molar refractivity (Wildman–Crippen MR) is 141 cm³/mol. The van der Waals surface area contributed by atoms with Gasteiger partial charge in [0.05, 0.1) is 12.8 Å². The number of fused-ring (bicyclic) bond motifs is 2. The topological polar surface area (TPSA) is 115 Å². The van der Waals surface area contributed by atoms with E-state index in [1.807, 2.05) is 18.5 Å². The molecule has 5 heterocycles. The van der Waals surface area contributed by atoms with Crippen LogP contribution in [-0.4, -0.2) is 61.8 Å². The third-order valence-electron chi connectivity index (χ3n) is 7.69. The molecule has 2 fully saturated rings. The number of amides is 1. The van der Waals surface area contributed by atoms with Gasteiger partial charge in [-0.15, -0.1) is 0 Å². The lowest BCUT2D eigenvalue weighted by molar-refractivity contribution is -0.104. The van der Waals surface area contributed by atoms with Crippen LogP contribution < -0.4 is 15.0 Å². The van der Waals surface area contributed by atoms with Crippen molar-refractivity contribution in [3.05, 3.63) is 39.5 Å². The molecule has 12 heteroatoms. The average molecular weight is 622 g/mol. The van der Waals surface area contributed by atoms with E-state index in [4.69, 9.17) is 14.5 Å². The number of hydrogen-bond donors (Lipinski definition) is 2. The van der Waals surface area contributed by atoms with E-state index in [-0.39, 0.29) is 18.0 Å². The molecule has 0 radical (unpaired) electrons. The highest BCUT2D eigenvalue weighted by molar-refractivity contribution is 14.1. The highest BCUT2D eigenvalue weighted by atomic mass is 127. The second-order valence-electron chi connectivity index (χ2n) is 10.7. The Kier molecular flexibility index (Phi) is 5.93. The number of benzene rings is 1. The fraction of sp³-hybridized carbons (Fsp3) is 0.520. The lowest BCUT2D eigenvalue weighted by Gasteiger charge is -2.44. The minimum atomic E-state index is -1.07. The third kappa shape index (κ3) is 4.37. The first-order valence-electron chi connectivity index (χ1n) is 12.4. The van der Waals surface area contributed by atoms with Crippen LogP contribution >= 0.6 is 22.6 Å². The van der Waals surface area contributed by atoms with Gasteiger partial charge in [-0.25, -0.2) is 23.8 Å². The van der Waals surface area contributed by atoms with Crippen molar-refractivity contribution in [1.82, 2.24) is 25.1 Å². The van der Waals surface area contributed by atoms with Gasteiger partial charge < -0.3 is 24.8 Å². The smallest absolute Gasteiger partial charge is 0.405 e. The van der Waals surface area contributed by atoms with Crippen LogP contribution in [0.2, 0.25) is 0 Å². The van der Waals surface area contributed by atoms with Crippen LogP contribution in [0.25, 0.3) is 11.2 Å². The zero-order valence-corrected chi connectivity index (χ0v) is 22.7. The van der Waals surface area contributed by atoms with Crippen LogP contribution in [0.1, 0.15) is 57.2 Å². The number of nitrogens with one attached hydrogen (secondary N) is 1. The van der Waals surface area contributed by atoms with Crippen LogP contribution in [0.15, 0.2) is 24.4 Å². The Morgan fingerprint density at radius 1 is 1.35 bits per heavy atom. The van der Waals surface area contributed by atoms with Gasteiger partial charge in [0.1, 0.15) is 28.5 Å². The molecule has 10 nitrogen and oxygen atoms in total. The van der Waals surface area contributed by atoms with Gasteiger partial charge in [-0.05, 0) is 48.9 Å². The summed E-state index contributed by atoms with van der Waals surface area (Å²) in [5, 5.41) is 16.6. The van der Waals surface area contributed by atoms with Gasteiger partial charge in [0.25, 0.3) is 0 Å².